The van der Waals surface area contributed by atoms with Crippen molar-refractivity contribution in [3.63, 3.8) is 0 Å². The number of sulfonamides is 1. The van der Waals surface area contributed by atoms with Gasteiger partial charge in [0.25, 0.3) is 0 Å². The molecule has 0 saturated carbocycles. The van der Waals surface area contributed by atoms with E-state index in [1.165, 1.54) is 18.2 Å². The molecule has 12 heteroatoms. The molecule has 1 amide bonds. The highest BCUT2D eigenvalue weighted by atomic mass is 32.2. The molecule has 3 N–H and O–H groups in total. The summed E-state index contributed by atoms with van der Waals surface area (Å²) in [4.78, 5) is 12.7. The van der Waals surface area contributed by atoms with Crippen molar-refractivity contribution >= 4 is 15.9 Å². The number of likely N-dealkylation sites (tertiary alicyclic amines) is 1. The number of nitrogens with zero attached hydrogens (tertiary/aromatic N) is 1. The lowest BCUT2D eigenvalue weighted by Crippen LogP contribution is -2.39. The predicted octanol–water partition coefficient (Wildman–Crippen LogP) is 0.748. The SMILES string of the molecule is Cc1cc(S(=O)(=O)N[C@H]2CCN(CCOCCNC(=O)C(F)(F)F)C2)ccc1O. The summed E-state index contributed by atoms with van der Waals surface area (Å²) in [6.07, 6.45) is -4.30. The molecule has 29 heavy (non-hydrogen) atoms. The van der Waals surface area contributed by atoms with E-state index in [9.17, 15) is 31.5 Å². The Labute approximate surface area is 167 Å². The molecular weight excluding hydrogens is 415 g/mol. The molecular formula is C17H24F3N3O5S. The highest BCUT2D eigenvalue weighted by Gasteiger charge is 2.38. The summed E-state index contributed by atoms with van der Waals surface area (Å²) in [7, 11) is -3.71. The van der Waals surface area contributed by atoms with E-state index in [-0.39, 0.29) is 36.4 Å². The van der Waals surface area contributed by atoms with Gasteiger partial charge in [0.15, 0.2) is 0 Å². The molecule has 1 aliphatic heterocycles. The Morgan fingerprint density at radius 1 is 1.34 bits per heavy atom. The Hall–Kier alpha value is -1.89. The van der Waals surface area contributed by atoms with Gasteiger partial charge in [-0.15, -0.1) is 0 Å². The van der Waals surface area contributed by atoms with E-state index in [1.807, 2.05) is 4.90 Å². The van der Waals surface area contributed by atoms with Crippen LogP contribution in [0, 0.1) is 6.92 Å². The van der Waals surface area contributed by atoms with Gasteiger partial charge in [-0.3, -0.25) is 9.69 Å². The number of benzene rings is 1. The largest absolute Gasteiger partial charge is 0.508 e. The standard InChI is InChI=1S/C17H24F3N3O5S/c1-12-10-14(2-3-15(12)24)29(26,27)22-13-4-6-23(11-13)7-9-28-8-5-21-16(25)17(18,19)20/h2-3,10,13,22,24H,4-9,11H2,1H3,(H,21,25)/t13-/m0/s1. The minimum Gasteiger partial charge on any atom is -0.508 e. The topological polar surface area (TPSA) is 108 Å². The lowest BCUT2D eigenvalue weighted by molar-refractivity contribution is -0.173. The molecule has 1 heterocycles. The van der Waals surface area contributed by atoms with Gasteiger partial charge in [-0.05, 0) is 43.7 Å². The van der Waals surface area contributed by atoms with Crippen LogP contribution in [0.3, 0.4) is 0 Å². The minimum absolute atomic E-state index is 0.0222. The van der Waals surface area contributed by atoms with Gasteiger partial charge >= 0.3 is 12.1 Å². The third kappa shape index (κ3) is 7.14. The Morgan fingerprint density at radius 3 is 2.72 bits per heavy atom. The minimum atomic E-state index is -4.91. The van der Waals surface area contributed by atoms with Crippen LogP contribution >= 0.6 is 0 Å². The molecule has 1 aromatic rings. The Morgan fingerprint density at radius 2 is 2.07 bits per heavy atom. The van der Waals surface area contributed by atoms with Crippen molar-refractivity contribution in [3.8, 4) is 5.75 Å². The molecule has 1 fully saturated rings. The van der Waals surface area contributed by atoms with Gasteiger partial charge in [0.05, 0.1) is 18.1 Å². The lowest BCUT2D eigenvalue weighted by Gasteiger charge is -2.17. The number of halogens is 3. The third-order valence-corrected chi connectivity index (χ3v) is 5.93. The van der Waals surface area contributed by atoms with E-state index in [2.05, 4.69) is 4.72 Å². The van der Waals surface area contributed by atoms with Gasteiger partial charge < -0.3 is 15.2 Å². The van der Waals surface area contributed by atoms with Crippen LogP contribution in [0.5, 0.6) is 5.75 Å². The fourth-order valence-corrected chi connectivity index (χ4v) is 4.19. The summed E-state index contributed by atoms with van der Waals surface area (Å²) in [5, 5.41) is 11.2. The third-order valence-electron chi connectivity index (χ3n) is 4.41. The van der Waals surface area contributed by atoms with Crippen LogP contribution in [0.4, 0.5) is 13.2 Å². The summed E-state index contributed by atoms with van der Waals surface area (Å²) in [6.45, 7) is 3.18. The number of hydrogen-bond acceptors (Lipinski definition) is 6. The number of phenolic OH excluding ortho intramolecular Hbond substituents is 1. The van der Waals surface area contributed by atoms with Gasteiger partial charge in [-0.2, -0.15) is 13.2 Å². The smallest absolute Gasteiger partial charge is 0.471 e. The predicted molar refractivity (Wildman–Crippen MR) is 97.9 cm³/mol. The van der Waals surface area contributed by atoms with Crippen molar-refractivity contribution in [3.05, 3.63) is 23.8 Å². The molecule has 0 radical (unpaired) electrons. The second-order valence-electron chi connectivity index (χ2n) is 6.72. The maximum absolute atomic E-state index is 12.5. The number of amides is 1. The maximum atomic E-state index is 12.5. The zero-order chi connectivity index (χ0) is 21.7. The number of carbonyl (C=O) groups is 1. The summed E-state index contributed by atoms with van der Waals surface area (Å²) in [5.41, 5.74) is 0.462. The number of phenols is 1. The first-order valence-electron chi connectivity index (χ1n) is 8.96. The summed E-state index contributed by atoms with van der Waals surface area (Å²) >= 11 is 0. The molecule has 0 aliphatic carbocycles. The fraction of sp³-hybridized carbons (Fsp3) is 0.588. The van der Waals surface area contributed by atoms with Crippen LogP contribution in [0.25, 0.3) is 0 Å². The van der Waals surface area contributed by atoms with E-state index in [4.69, 9.17) is 4.74 Å². The zero-order valence-corrected chi connectivity index (χ0v) is 16.6. The number of rotatable bonds is 9. The average Bonchev–Trinajstić information content (AvgIpc) is 3.05. The van der Waals surface area contributed by atoms with Crippen molar-refractivity contribution in [2.45, 2.75) is 30.5 Å². The summed E-state index contributed by atoms with van der Waals surface area (Å²) < 4.78 is 68.8. The number of ether oxygens (including phenoxy) is 1. The van der Waals surface area contributed by atoms with E-state index >= 15 is 0 Å². The van der Waals surface area contributed by atoms with Gasteiger partial charge in [0, 0.05) is 25.7 Å². The van der Waals surface area contributed by atoms with Crippen LogP contribution in [-0.2, 0) is 19.6 Å². The molecule has 1 aliphatic rings. The average molecular weight is 439 g/mol. The first-order chi connectivity index (χ1) is 13.5. The van der Waals surface area contributed by atoms with Crippen molar-refractivity contribution in [2.75, 3.05) is 39.4 Å². The molecule has 164 valence electrons. The Bertz CT molecular complexity index is 817. The molecule has 1 atom stereocenters. The molecule has 1 aromatic carbocycles. The number of alkyl halides is 3. The van der Waals surface area contributed by atoms with Crippen molar-refractivity contribution in [1.29, 1.82) is 0 Å². The second-order valence-corrected chi connectivity index (χ2v) is 8.44. The van der Waals surface area contributed by atoms with E-state index in [0.717, 1.165) is 0 Å². The van der Waals surface area contributed by atoms with Gasteiger partial charge in [0.2, 0.25) is 10.0 Å². The van der Waals surface area contributed by atoms with Gasteiger partial charge in [-0.1, -0.05) is 0 Å². The molecule has 0 aromatic heterocycles. The molecule has 1 saturated heterocycles. The molecule has 0 spiro atoms. The quantitative estimate of drug-likeness (QED) is 0.490. The van der Waals surface area contributed by atoms with E-state index in [1.54, 1.807) is 12.2 Å². The van der Waals surface area contributed by atoms with Crippen molar-refractivity contribution in [2.24, 2.45) is 0 Å². The lowest BCUT2D eigenvalue weighted by atomic mass is 10.2. The highest BCUT2D eigenvalue weighted by molar-refractivity contribution is 7.89. The van der Waals surface area contributed by atoms with E-state index in [0.29, 0.717) is 31.6 Å². The Kier molecular flexibility index (Phi) is 7.86. The first-order valence-corrected chi connectivity index (χ1v) is 10.4. The van der Waals surface area contributed by atoms with Crippen LogP contribution < -0.4 is 10.0 Å². The molecule has 0 bridgehead atoms. The van der Waals surface area contributed by atoms with Crippen LogP contribution in [-0.4, -0.2) is 75.9 Å². The van der Waals surface area contributed by atoms with Crippen LogP contribution in [0.15, 0.2) is 23.1 Å². The second kappa shape index (κ2) is 9.74. The van der Waals surface area contributed by atoms with Crippen molar-refractivity contribution in [1.82, 2.24) is 14.9 Å². The number of nitrogens with one attached hydrogen (secondary N) is 2. The van der Waals surface area contributed by atoms with Gasteiger partial charge in [0.1, 0.15) is 5.75 Å². The number of hydrogen-bond donors (Lipinski definition) is 3. The molecule has 0 unspecified atom stereocenters. The van der Waals surface area contributed by atoms with Crippen LogP contribution in [0.1, 0.15) is 12.0 Å². The van der Waals surface area contributed by atoms with Crippen LogP contribution in [0.2, 0.25) is 0 Å². The normalized spacial score (nSPS) is 18.1. The summed E-state index contributed by atoms with van der Waals surface area (Å²) in [5.74, 6) is -1.98. The fourth-order valence-electron chi connectivity index (χ4n) is 2.85. The first kappa shape index (κ1) is 23.4. The highest BCUT2D eigenvalue weighted by Crippen LogP contribution is 2.21. The molecule has 2 rings (SSSR count). The van der Waals surface area contributed by atoms with E-state index < -0.39 is 22.1 Å². The monoisotopic (exact) mass is 439 g/mol. The van der Waals surface area contributed by atoms with Crippen molar-refractivity contribution < 1.29 is 36.2 Å². The number of aromatic hydroxyl groups is 1. The maximum Gasteiger partial charge on any atom is 0.471 e. The number of carbonyl (C=O) groups excluding carboxylic acids is 1. The zero-order valence-electron chi connectivity index (χ0n) is 15.8. The Balaban J connectivity index is 1.68. The van der Waals surface area contributed by atoms with Gasteiger partial charge in [-0.25, -0.2) is 13.1 Å². The molecule has 8 nitrogen and oxygen atoms in total. The number of aryl methyl sites for hydroxylation is 1. The summed E-state index contributed by atoms with van der Waals surface area (Å²) in [6, 6.07) is 3.79.